The molecule has 2 saturated carbocycles. The number of hydrogen-bond acceptors (Lipinski definition) is 1. The maximum atomic E-state index is 2.56. The second-order valence-electron chi connectivity index (χ2n) is 7.82. The number of rotatable bonds is 0. The van der Waals surface area contributed by atoms with Gasteiger partial charge in [0.05, 0.1) is 0 Å². The highest BCUT2D eigenvalue weighted by atomic mass is 15.2. The molecule has 2 fully saturated rings. The predicted octanol–water partition coefficient (Wildman–Crippen LogP) is 4.06. The van der Waals surface area contributed by atoms with Crippen molar-refractivity contribution in [1.29, 1.82) is 0 Å². The summed E-state index contributed by atoms with van der Waals surface area (Å²) < 4.78 is 0. The van der Waals surface area contributed by atoms with Gasteiger partial charge in [-0.15, -0.1) is 0 Å². The number of nitrogens with zero attached hydrogens (tertiary/aromatic N) is 1. The zero-order chi connectivity index (χ0) is 12.8. The van der Waals surface area contributed by atoms with E-state index in [2.05, 4.69) is 53.5 Å². The van der Waals surface area contributed by atoms with Crippen molar-refractivity contribution in [3.8, 4) is 0 Å². The first-order valence-electron chi connectivity index (χ1n) is 7.07. The Morgan fingerprint density at radius 3 is 2.24 bits per heavy atom. The van der Waals surface area contributed by atoms with Crippen LogP contribution in [0.2, 0.25) is 0 Å². The Kier molecular flexibility index (Phi) is 1.88. The van der Waals surface area contributed by atoms with Gasteiger partial charge in [0, 0.05) is 18.3 Å². The third kappa shape index (κ3) is 1.03. The van der Waals surface area contributed by atoms with Crippen LogP contribution < -0.4 is 0 Å². The van der Waals surface area contributed by atoms with Crippen LogP contribution in [0.25, 0.3) is 0 Å². The fourth-order valence-corrected chi connectivity index (χ4v) is 5.16. The van der Waals surface area contributed by atoms with E-state index in [-0.39, 0.29) is 5.54 Å². The summed E-state index contributed by atoms with van der Waals surface area (Å²) in [6, 6.07) is 0. The molecular formula is C16H27N. The monoisotopic (exact) mass is 233 g/mol. The van der Waals surface area contributed by atoms with Crippen molar-refractivity contribution in [2.75, 3.05) is 7.05 Å². The molecule has 1 heterocycles. The summed E-state index contributed by atoms with van der Waals surface area (Å²) in [5, 5.41) is 0. The molecule has 2 bridgehead atoms. The first-order valence-corrected chi connectivity index (χ1v) is 7.07. The van der Waals surface area contributed by atoms with Gasteiger partial charge in [0.2, 0.25) is 0 Å². The lowest BCUT2D eigenvalue weighted by Crippen LogP contribution is -2.52. The van der Waals surface area contributed by atoms with Gasteiger partial charge in [-0.3, -0.25) is 0 Å². The van der Waals surface area contributed by atoms with Crippen molar-refractivity contribution >= 4 is 0 Å². The van der Waals surface area contributed by atoms with E-state index in [0.29, 0.717) is 10.8 Å². The Morgan fingerprint density at radius 2 is 1.65 bits per heavy atom. The summed E-state index contributed by atoms with van der Waals surface area (Å²) in [5.74, 6) is 1.78. The molecule has 4 atom stereocenters. The van der Waals surface area contributed by atoms with Crippen molar-refractivity contribution in [2.24, 2.45) is 22.7 Å². The Bertz CT molecular complexity index is 419. The molecule has 0 amide bonds. The van der Waals surface area contributed by atoms with Gasteiger partial charge >= 0.3 is 0 Å². The van der Waals surface area contributed by atoms with Gasteiger partial charge < -0.3 is 4.90 Å². The molecule has 3 rings (SSSR count). The number of hydrogen-bond donors (Lipinski definition) is 0. The maximum absolute atomic E-state index is 2.56. The second-order valence-corrected chi connectivity index (χ2v) is 7.82. The molecule has 1 heteroatoms. The van der Waals surface area contributed by atoms with Crippen LogP contribution in [-0.2, 0) is 0 Å². The van der Waals surface area contributed by atoms with Gasteiger partial charge in [0.15, 0.2) is 0 Å². The van der Waals surface area contributed by atoms with Gasteiger partial charge in [-0.1, -0.05) is 19.4 Å². The van der Waals surface area contributed by atoms with Crippen molar-refractivity contribution in [3.63, 3.8) is 0 Å². The predicted molar refractivity (Wildman–Crippen MR) is 72.6 cm³/mol. The van der Waals surface area contributed by atoms with Crippen molar-refractivity contribution in [3.05, 3.63) is 11.3 Å². The number of allylic oxidation sites excluding steroid dienone is 2. The van der Waals surface area contributed by atoms with Crippen molar-refractivity contribution in [2.45, 2.75) is 59.9 Å². The first-order chi connectivity index (χ1) is 7.66. The van der Waals surface area contributed by atoms with E-state index < -0.39 is 0 Å². The lowest BCUT2D eigenvalue weighted by Gasteiger charge is -2.50. The van der Waals surface area contributed by atoms with E-state index in [1.807, 2.05) is 0 Å². The van der Waals surface area contributed by atoms with Gasteiger partial charge in [0.1, 0.15) is 0 Å². The van der Waals surface area contributed by atoms with Crippen LogP contribution in [0.3, 0.4) is 0 Å². The summed E-state index contributed by atoms with van der Waals surface area (Å²) >= 11 is 0. The lowest BCUT2D eigenvalue weighted by atomic mass is 9.68. The van der Waals surface area contributed by atoms with Crippen LogP contribution >= 0.6 is 0 Å². The van der Waals surface area contributed by atoms with Crippen LogP contribution in [0.5, 0.6) is 0 Å². The Hall–Kier alpha value is -0.460. The molecule has 96 valence electrons. The van der Waals surface area contributed by atoms with Crippen LogP contribution in [0.1, 0.15) is 54.4 Å². The van der Waals surface area contributed by atoms with E-state index in [1.165, 1.54) is 18.5 Å². The van der Waals surface area contributed by atoms with Crippen LogP contribution in [0.4, 0.5) is 0 Å². The smallest absolute Gasteiger partial charge is 0.0396 e. The standard InChI is InChI=1S/C16H27N/c1-10-11(2)17(7)14(3,4)16(6)8-12(10)15(5)9-13(15)16/h12-13H,8-9H2,1-7H3. The van der Waals surface area contributed by atoms with Gasteiger partial charge in [-0.2, -0.15) is 0 Å². The molecule has 3 aliphatic rings. The zero-order valence-corrected chi connectivity index (χ0v) is 12.5. The zero-order valence-electron chi connectivity index (χ0n) is 12.5. The third-order valence-corrected chi connectivity index (χ3v) is 7.31. The topological polar surface area (TPSA) is 3.24 Å². The summed E-state index contributed by atoms with van der Waals surface area (Å²) in [6.45, 7) is 14.7. The molecule has 1 nitrogen and oxygen atoms in total. The summed E-state index contributed by atoms with van der Waals surface area (Å²) in [7, 11) is 2.30. The van der Waals surface area contributed by atoms with E-state index in [1.54, 1.807) is 5.57 Å². The minimum Gasteiger partial charge on any atom is -0.372 e. The van der Waals surface area contributed by atoms with Crippen molar-refractivity contribution in [1.82, 2.24) is 4.90 Å². The third-order valence-electron chi connectivity index (χ3n) is 7.31. The largest absolute Gasteiger partial charge is 0.372 e. The highest BCUT2D eigenvalue weighted by Crippen LogP contribution is 2.78. The SMILES string of the molecule is CC1=C(C)N(C)C(C)(C)C2(C)CC1C1(C)CC12. The summed E-state index contributed by atoms with van der Waals surface area (Å²) in [4.78, 5) is 2.56. The minimum atomic E-state index is 0.284. The molecule has 17 heavy (non-hydrogen) atoms. The molecule has 4 unspecified atom stereocenters. The molecule has 0 aromatic heterocycles. The molecule has 0 aromatic carbocycles. The fourth-order valence-electron chi connectivity index (χ4n) is 5.16. The van der Waals surface area contributed by atoms with E-state index in [0.717, 1.165) is 11.8 Å². The van der Waals surface area contributed by atoms with Gasteiger partial charge in [0.25, 0.3) is 0 Å². The summed E-state index contributed by atoms with van der Waals surface area (Å²) in [5.41, 5.74) is 4.58. The normalized spacial score (nSPS) is 51.4. The van der Waals surface area contributed by atoms with Crippen LogP contribution in [-0.4, -0.2) is 17.5 Å². The minimum absolute atomic E-state index is 0.284. The number of fused-ring (bicyclic) bond motifs is 5. The van der Waals surface area contributed by atoms with Gasteiger partial charge in [-0.05, 0) is 63.2 Å². The van der Waals surface area contributed by atoms with Crippen LogP contribution in [0.15, 0.2) is 11.3 Å². The van der Waals surface area contributed by atoms with E-state index in [9.17, 15) is 0 Å². The van der Waals surface area contributed by atoms with E-state index in [4.69, 9.17) is 0 Å². The highest BCUT2D eigenvalue weighted by molar-refractivity contribution is 5.33. The summed E-state index contributed by atoms with van der Waals surface area (Å²) in [6.07, 6.45) is 2.85. The average Bonchev–Trinajstić information content (AvgIpc) is 2.90. The fraction of sp³-hybridized carbons (Fsp3) is 0.875. The Balaban J connectivity index is 2.21. The average molecular weight is 233 g/mol. The Morgan fingerprint density at radius 1 is 1.06 bits per heavy atom. The highest BCUT2D eigenvalue weighted by Gasteiger charge is 2.73. The molecule has 1 aliphatic heterocycles. The van der Waals surface area contributed by atoms with Gasteiger partial charge in [-0.25, -0.2) is 0 Å². The molecule has 0 spiro atoms. The second kappa shape index (κ2) is 2.75. The molecule has 2 aliphatic carbocycles. The lowest BCUT2D eigenvalue weighted by molar-refractivity contribution is 0.0308. The maximum Gasteiger partial charge on any atom is 0.0396 e. The molecule has 0 saturated heterocycles. The van der Waals surface area contributed by atoms with Crippen LogP contribution in [0, 0.1) is 22.7 Å². The molecule has 0 radical (unpaired) electrons. The van der Waals surface area contributed by atoms with Crippen molar-refractivity contribution < 1.29 is 0 Å². The van der Waals surface area contributed by atoms with E-state index >= 15 is 0 Å². The molecular weight excluding hydrogens is 206 g/mol. The first kappa shape index (κ1) is 11.6. The molecule has 0 N–H and O–H groups in total. The Labute approximate surface area is 106 Å². The molecule has 0 aromatic rings. The quantitative estimate of drug-likeness (QED) is 0.610.